The van der Waals surface area contributed by atoms with Crippen molar-refractivity contribution in [3.63, 3.8) is 0 Å². The summed E-state index contributed by atoms with van der Waals surface area (Å²) >= 11 is 0. The van der Waals surface area contributed by atoms with E-state index < -0.39 is 19.3 Å². The SMILES string of the molecule is O=P(O)(O)CCCNCc1ccc(NCCCCCc2ccccc2)c(C(F)(F)F)c1. The molecule has 172 valence electrons. The van der Waals surface area contributed by atoms with Gasteiger partial charge in [-0.1, -0.05) is 42.8 Å². The highest BCUT2D eigenvalue weighted by atomic mass is 31.2. The zero-order valence-electron chi connectivity index (χ0n) is 17.4. The number of alkyl halides is 3. The smallest absolute Gasteiger partial charge is 0.385 e. The summed E-state index contributed by atoms with van der Waals surface area (Å²) in [5.74, 6) is 0. The second kappa shape index (κ2) is 12.2. The molecule has 2 rings (SSSR count). The summed E-state index contributed by atoms with van der Waals surface area (Å²) in [5, 5.41) is 5.83. The summed E-state index contributed by atoms with van der Waals surface area (Å²) in [5.41, 5.74) is 1.10. The van der Waals surface area contributed by atoms with E-state index >= 15 is 0 Å². The molecule has 4 N–H and O–H groups in total. The van der Waals surface area contributed by atoms with E-state index in [1.54, 1.807) is 6.07 Å². The molecule has 0 atom stereocenters. The number of rotatable bonds is 13. The lowest BCUT2D eigenvalue weighted by molar-refractivity contribution is -0.137. The fourth-order valence-corrected chi connectivity index (χ4v) is 3.80. The maximum absolute atomic E-state index is 13.5. The number of halogens is 3. The quantitative estimate of drug-likeness (QED) is 0.245. The van der Waals surface area contributed by atoms with Crippen LogP contribution in [-0.4, -0.2) is 29.0 Å². The minimum Gasteiger partial charge on any atom is -0.385 e. The molecule has 0 radical (unpaired) electrons. The predicted molar refractivity (Wildman–Crippen MR) is 117 cm³/mol. The van der Waals surface area contributed by atoms with Gasteiger partial charge >= 0.3 is 13.8 Å². The topological polar surface area (TPSA) is 81.6 Å². The summed E-state index contributed by atoms with van der Waals surface area (Å²) in [6.07, 6.45) is -0.795. The molecular weight excluding hydrogens is 428 g/mol. The van der Waals surface area contributed by atoms with Crippen LogP contribution in [0.5, 0.6) is 0 Å². The molecule has 0 aliphatic rings. The zero-order valence-corrected chi connectivity index (χ0v) is 18.3. The molecule has 5 nitrogen and oxygen atoms in total. The Balaban J connectivity index is 1.79. The van der Waals surface area contributed by atoms with Gasteiger partial charge in [0, 0.05) is 18.8 Å². The first-order valence-corrected chi connectivity index (χ1v) is 12.2. The molecule has 0 saturated carbocycles. The van der Waals surface area contributed by atoms with E-state index in [2.05, 4.69) is 22.8 Å². The van der Waals surface area contributed by atoms with Crippen LogP contribution in [-0.2, 0) is 23.7 Å². The predicted octanol–water partition coefficient (Wildman–Crippen LogP) is 5.19. The zero-order chi connectivity index (χ0) is 22.7. The van der Waals surface area contributed by atoms with Gasteiger partial charge < -0.3 is 20.4 Å². The van der Waals surface area contributed by atoms with Crippen LogP contribution in [0.4, 0.5) is 18.9 Å². The Labute approximate surface area is 181 Å². The molecule has 0 fully saturated rings. The molecule has 2 aromatic carbocycles. The van der Waals surface area contributed by atoms with Crippen molar-refractivity contribution in [3.05, 3.63) is 65.2 Å². The van der Waals surface area contributed by atoms with Crippen LogP contribution in [0.15, 0.2) is 48.5 Å². The van der Waals surface area contributed by atoms with Gasteiger partial charge in [0.2, 0.25) is 0 Å². The molecular formula is C22H30F3N2O3P. The highest BCUT2D eigenvalue weighted by molar-refractivity contribution is 7.51. The number of anilines is 1. The third-order valence-electron chi connectivity index (χ3n) is 4.82. The number of benzene rings is 2. The van der Waals surface area contributed by atoms with Gasteiger partial charge in [-0.3, -0.25) is 4.57 Å². The summed E-state index contributed by atoms with van der Waals surface area (Å²) in [6.45, 7) is 0.983. The van der Waals surface area contributed by atoms with Crippen LogP contribution in [0.1, 0.15) is 42.4 Å². The lowest BCUT2D eigenvalue weighted by Crippen LogP contribution is -2.17. The van der Waals surface area contributed by atoms with E-state index in [0.717, 1.165) is 31.7 Å². The number of hydrogen-bond donors (Lipinski definition) is 4. The van der Waals surface area contributed by atoms with Gasteiger partial charge in [-0.25, -0.2) is 0 Å². The molecule has 2 aromatic rings. The number of nitrogens with one attached hydrogen (secondary N) is 2. The molecule has 0 bridgehead atoms. The van der Waals surface area contributed by atoms with E-state index in [0.29, 0.717) is 18.7 Å². The summed E-state index contributed by atoms with van der Waals surface area (Å²) < 4.78 is 51.2. The standard InChI is InChI=1S/C22H30F3N2O3P/c23-22(24,25)20-16-19(17-26-13-7-15-31(28,29)30)11-12-21(20)27-14-6-2-5-10-18-8-3-1-4-9-18/h1,3-4,8-9,11-12,16,26-27H,2,5-7,10,13-15,17H2,(H2,28,29,30). The van der Waals surface area contributed by atoms with Gasteiger partial charge in [-0.2, -0.15) is 13.2 Å². The van der Waals surface area contributed by atoms with Crippen molar-refractivity contribution in [3.8, 4) is 0 Å². The number of aryl methyl sites for hydroxylation is 1. The van der Waals surface area contributed by atoms with Crippen LogP contribution in [0.3, 0.4) is 0 Å². The van der Waals surface area contributed by atoms with Crippen molar-refractivity contribution in [2.75, 3.05) is 24.6 Å². The molecule has 0 aliphatic heterocycles. The Bertz CT molecular complexity index is 842. The Kier molecular flexibility index (Phi) is 10.0. The largest absolute Gasteiger partial charge is 0.418 e. The third kappa shape index (κ3) is 10.3. The lowest BCUT2D eigenvalue weighted by atomic mass is 10.1. The van der Waals surface area contributed by atoms with Crippen LogP contribution in [0.25, 0.3) is 0 Å². The van der Waals surface area contributed by atoms with Crippen LogP contribution in [0, 0.1) is 0 Å². The number of hydrogen-bond acceptors (Lipinski definition) is 3. The van der Waals surface area contributed by atoms with Gasteiger partial charge in [-0.05, 0) is 55.5 Å². The van der Waals surface area contributed by atoms with Gasteiger partial charge in [-0.15, -0.1) is 0 Å². The van der Waals surface area contributed by atoms with E-state index in [1.807, 2.05) is 18.2 Å². The summed E-state index contributed by atoms with van der Waals surface area (Å²) in [7, 11) is -4.05. The Hall–Kier alpha value is -1.86. The average Bonchev–Trinajstić information content (AvgIpc) is 2.70. The molecule has 0 aliphatic carbocycles. The number of unbranched alkanes of at least 4 members (excludes halogenated alkanes) is 2. The van der Waals surface area contributed by atoms with E-state index in [-0.39, 0.29) is 24.8 Å². The Morgan fingerprint density at radius 3 is 2.29 bits per heavy atom. The molecule has 0 aromatic heterocycles. The van der Waals surface area contributed by atoms with Crippen molar-refractivity contribution in [1.29, 1.82) is 0 Å². The van der Waals surface area contributed by atoms with Gasteiger partial charge in [0.25, 0.3) is 0 Å². The molecule has 0 saturated heterocycles. The van der Waals surface area contributed by atoms with Crippen LogP contribution < -0.4 is 10.6 Å². The maximum atomic E-state index is 13.5. The van der Waals surface area contributed by atoms with Crippen LogP contribution >= 0.6 is 7.60 Å². The van der Waals surface area contributed by atoms with Crippen molar-refractivity contribution < 1.29 is 27.5 Å². The lowest BCUT2D eigenvalue weighted by Gasteiger charge is -2.16. The van der Waals surface area contributed by atoms with E-state index in [1.165, 1.54) is 11.6 Å². The molecule has 0 spiro atoms. The van der Waals surface area contributed by atoms with Crippen molar-refractivity contribution in [2.24, 2.45) is 0 Å². The first-order chi connectivity index (χ1) is 14.6. The Morgan fingerprint density at radius 2 is 1.61 bits per heavy atom. The van der Waals surface area contributed by atoms with Gasteiger partial charge in [0.1, 0.15) is 0 Å². The van der Waals surface area contributed by atoms with Crippen molar-refractivity contribution in [2.45, 2.75) is 44.8 Å². The highest BCUT2D eigenvalue weighted by Crippen LogP contribution is 2.36. The molecule has 31 heavy (non-hydrogen) atoms. The molecule has 0 amide bonds. The second-order valence-corrected chi connectivity index (χ2v) is 9.30. The molecule has 0 unspecified atom stereocenters. The minimum atomic E-state index is -4.47. The third-order valence-corrected chi connectivity index (χ3v) is 5.72. The van der Waals surface area contributed by atoms with Crippen molar-refractivity contribution in [1.82, 2.24) is 5.32 Å². The van der Waals surface area contributed by atoms with E-state index in [9.17, 15) is 17.7 Å². The summed E-state index contributed by atoms with van der Waals surface area (Å²) in [6, 6.07) is 14.3. The second-order valence-electron chi connectivity index (χ2n) is 7.52. The van der Waals surface area contributed by atoms with Crippen molar-refractivity contribution >= 4 is 13.3 Å². The molecule has 0 heterocycles. The van der Waals surface area contributed by atoms with Gasteiger partial charge in [0.05, 0.1) is 11.7 Å². The first-order valence-electron chi connectivity index (χ1n) is 10.4. The fourth-order valence-electron chi connectivity index (χ4n) is 3.23. The normalized spacial score (nSPS) is 12.2. The van der Waals surface area contributed by atoms with E-state index in [4.69, 9.17) is 9.79 Å². The van der Waals surface area contributed by atoms with Crippen LogP contribution in [0.2, 0.25) is 0 Å². The monoisotopic (exact) mass is 458 g/mol. The maximum Gasteiger partial charge on any atom is 0.418 e. The summed E-state index contributed by atoms with van der Waals surface area (Å²) in [4.78, 5) is 17.6. The highest BCUT2D eigenvalue weighted by Gasteiger charge is 2.33. The molecule has 9 heteroatoms. The first kappa shape index (κ1) is 25.4. The average molecular weight is 458 g/mol. The van der Waals surface area contributed by atoms with Gasteiger partial charge in [0.15, 0.2) is 0 Å². The fraction of sp³-hybridized carbons (Fsp3) is 0.455. The Morgan fingerprint density at radius 1 is 0.871 bits per heavy atom. The minimum absolute atomic E-state index is 0.0702.